The summed E-state index contributed by atoms with van der Waals surface area (Å²) in [5, 5.41) is 57.4. The summed E-state index contributed by atoms with van der Waals surface area (Å²) in [7, 11) is 0. The fraction of sp³-hybridized carbons (Fsp3) is 0.948. The first-order valence-corrected chi connectivity index (χ1v) is 39.0. The van der Waals surface area contributed by atoms with Crippen molar-refractivity contribution in [1.29, 1.82) is 0 Å². The van der Waals surface area contributed by atoms with Gasteiger partial charge in [0.15, 0.2) is 12.4 Å². The van der Waals surface area contributed by atoms with Crippen LogP contribution in [-0.4, -0.2) is 99.6 Å². The van der Waals surface area contributed by atoms with Crippen molar-refractivity contribution in [3.63, 3.8) is 0 Å². The maximum Gasteiger partial charge on any atom is 0.306 e. The van der Waals surface area contributed by atoms with Gasteiger partial charge in [-0.2, -0.15) is 0 Å². The lowest BCUT2D eigenvalue weighted by Crippen LogP contribution is -2.61. The lowest BCUT2D eigenvalue weighted by molar-refractivity contribution is -0.305. The number of unbranched alkanes of at least 4 members (excludes halogenated alkanes) is 55. The minimum atomic E-state index is -1.61. The Kier molecular flexibility index (Phi) is 62.8. The minimum absolute atomic E-state index is 0.132. The van der Waals surface area contributed by atoms with Crippen LogP contribution in [0, 0.1) is 0 Å². The molecule has 1 heterocycles. The highest BCUT2D eigenvalue weighted by molar-refractivity contribution is 5.80. The molecular weight excluding hydrogens is 1100 g/mol. The number of rotatable bonds is 69. The summed E-state index contributed by atoms with van der Waals surface area (Å²) in [5.74, 6) is -1.17. The van der Waals surface area contributed by atoms with Crippen molar-refractivity contribution in [2.45, 2.75) is 455 Å². The van der Waals surface area contributed by atoms with Crippen molar-refractivity contribution < 1.29 is 49.3 Å². The summed E-state index contributed by atoms with van der Waals surface area (Å²) >= 11 is 0. The van der Waals surface area contributed by atoms with E-state index in [0.29, 0.717) is 19.3 Å². The number of ether oxygens (including phenoxy) is 3. The van der Waals surface area contributed by atoms with Gasteiger partial charge in [0, 0.05) is 6.42 Å². The second-order valence-electron chi connectivity index (χ2n) is 27.5. The number of hydrogen-bond acceptors (Lipinski definition) is 10. The van der Waals surface area contributed by atoms with Crippen LogP contribution in [0.5, 0.6) is 0 Å². The van der Waals surface area contributed by atoms with E-state index in [1.54, 1.807) is 6.08 Å². The topological polar surface area (TPSA) is 175 Å². The lowest BCUT2D eigenvalue weighted by atomic mass is 9.99. The Bertz CT molecular complexity index is 1480. The van der Waals surface area contributed by atoms with Gasteiger partial charge in [0.2, 0.25) is 5.91 Å². The van der Waals surface area contributed by atoms with Gasteiger partial charge in [0.1, 0.15) is 24.4 Å². The molecule has 0 saturated carbocycles. The van der Waals surface area contributed by atoms with Crippen LogP contribution >= 0.6 is 0 Å². The Labute approximate surface area is 544 Å². The summed E-state index contributed by atoms with van der Waals surface area (Å²) < 4.78 is 17.8. The van der Waals surface area contributed by atoms with Gasteiger partial charge in [-0.15, -0.1) is 0 Å². The summed E-state index contributed by atoms with van der Waals surface area (Å²) in [6.07, 6.45) is 68.5. The molecule has 1 saturated heterocycles. The van der Waals surface area contributed by atoms with Crippen molar-refractivity contribution in [3.05, 3.63) is 12.2 Å². The molecule has 0 aromatic heterocycles. The van der Waals surface area contributed by atoms with Crippen LogP contribution in [0.1, 0.15) is 406 Å². The quantitative estimate of drug-likeness (QED) is 0.0195. The maximum atomic E-state index is 13.5. The van der Waals surface area contributed by atoms with Crippen LogP contribution in [-0.2, 0) is 23.8 Å². The van der Waals surface area contributed by atoms with E-state index in [-0.39, 0.29) is 13.0 Å². The van der Waals surface area contributed by atoms with Crippen molar-refractivity contribution in [1.82, 2.24) is 5.32 Å². The summed E-state index contributed by atoms with van der Waals surface area (Å²) in [6, 6.07) is -1.02. The van der Waals surface area contributed by atoms with Crippen LogP contribution in [0.25, 0.3) is 0 Å². The molecule has 0 radical (unpaired) electrons. The molecule has 11 nitrogen and oxygen atoms in total. The smallest absolute Gasteiger partial charge is 0.306 e. The molecule has 0 spiro atoms. The molecule has 0 bridgehead atoms. The third-order valence-electron chi connectivity index (χ3n) is 18.9. The molecule has 88 heavy (non-hydrogen) atoms. The zero-order chi connectivity index (χ0) is 63.9. The molecule has 0 aromatic rings. The van der Waals surface area contributed by atoms with Crippen LogP contribution in [0.15, 0.2) is 12.2 Å². The van der Waals surface area contributed by atoms with Gasteiger partial charge in [-0.25, -0.2) is 0 Å². The summed E-state index contributed by atoms with van der Waals surface area (Å²) in [5.41, 5.74) is 0. The lowest BCUT2D eigenvalue weighted by Gasteiger charge is -2.41. The molecule has 1 aliphatic heterocycles. The van der Waals surface area contributed by atoms with Gasteiger partial charge in [-0.3, -0.25) is 9.59 Å². The zero-order valence-electron chi connectivity index (χ0n) is 58.4. The van der Waals surface area contributed by atoms with Crippen molar-refractivity contribution in [2.75, 3.05) is 13.2 Å². The highest BCUT2D eigenvalue weighted by Gasteiger charge is 2.47. The average molecular weight is 1250 g/mol. The van der Waals surface area contributed by atoms with Crippen LogP contribution < -0.4 is 5.32 Å². The number of carbonyl (C=O) groups is 2. The van der Waals surface area contributed by atoms with E-state index in [1.165, 1.54) is 302 Å². The first-order valence-electron chi connectivity index (χ1n) is 39.0. The molecule has 1 rings (SSSR count). The molecule has 1 fully saturated rings. The molecular formula is C77H149NO10. The number of hydrogen-bond donors (Lipinski definition) is 6. The number of nitrogens with one attached hydrogen (secondary N) is 1. The molecule has 8 unspecified atom stereocenters. The molecule has 8 atom stereocenters. The Morgan fingerprint density at radius 1 is 0.432 bits per heavy atom. The van der Waals surface area contributed by atoms with Gasteiger partial charge < -0.3 is 45.1 Å². The highest BCUT2D eigenvalue weighted by atomic mass is 16.7. The summed E-state index contributed by atoms with van der Waals surface area (Å²) in [6.45, 7) is 5.88. The Morgan fingerprint density at radius 3 is 1.07 bits per heavy atom. The van der Waals surface area contributed by atoms with Crippen LogP contribution in [0.2, 0.25) is 0 Å². The van der Waals surface area contributed by atoms with E-state index in [4.69, 9.17) is 14.2 Å². The van der Waals surface area contributed by atoms with E-state index < -0.39 is 67.4 Å². The number of aliphatic hydroxyl groups is 5. The normalized spacial score (nSPS) is 18.1. The highest BCUT2D eigenvalue weighted by Crippen LogP contribution is 2.27. The third-order valence-corrected chi connectivity index (χ3v) is 18.9. The molecule has 6 N–H and O–H groups in total. The number of esters is 1. The second-order valence-corrected chi connectivity index (χ2v) is 27.5. The van der Waals surface area contributed by atoms with Gasteiger partial charge >= 0.3 is 5.97 Å². The van der Waals surface area contributed by atoms with E-state index in [0.717, 1.165) is 57.8 Å². The van der Waals surface area contributed by atoms with Crippen LogP contribution in [0.3, 0.4) is 0 Å². The van der Waals surface area contributed by atoms with Crippen molar-refractivity contribution >= 4 is 11.9 Å². The number of aliphatic hydroxyl groups excluding tert-OH is 5. The predicted molar refractivity (Wildman–Crippen MR) is 371 cm³/mol. The third kappa shape index (κ3) is 51.9. The van der Waals surface area contributed by atoms with Crippen molar-refractivity contribution in [2.24, 2.45) is 0 Å². The monoisotopic (exact) mass is 1250 g/mol. The minimum Gasteiger partial charge on any atom is -0.454 e. The Morgan fingerprint density at radius 2 is 0.739 bits per heavy atom. The van der Waals surface area contributed by atoms with Gasteiger partial charge in [0.25, 0.3) is 0 Å². The fourth-order valence-corrected chi connectivity index (χ4v) is 12.8. The zero-order valence-corrected chi connectivity index (χ0v) is 58.4. The van der Waals surface area contributed by atoms with Crippen LogP contribution in [0.4, 0.5) is 0 Å². The Hall–Kier alpha value is -1.60. The molecule has 0 aromatic carbocycles. The maximum absolute atomic E-state index is 13.5. The van der Waals surface area contributed by atoms with E-state index in [9.17, 15) is 35.1 Å². The van der Waals surface area contributed by atoms with Gasteiger partial charge in [-0.1, -0.05) is 386 Å². The molecule has 0 aliphatic carbocycles. The predicted octanol–water partition coefficient (Wildman–Crippen LogP) is 20.6. The van der Waals surface area contributed by atoms with Gasteiger partial charge in [-0.05, 0) is 25.7 Å². The first-order chi connectivity index (χ1) is 43.2. The standard InChI is InChI=1S/C77H149NO10/c1-4-7-10-13-16-19-22-25-27-29-31-33-34-35-36-37-38-39-41-43-45-47-50-53-56-59-62-65-72(82)88-75-74(84)73(83)71(66-79)87-77(75)86-67-68(69(80)63-60-57-54-51-48-24-21-18-15-12-9-6-3)78-76(85)70(81)64-61-58-55-52-49-46-44-42-40-32-30-28-26-23-20-17-14-11-8-5-2/h60,63,68-71,73-75,77,79-81,83-84H,4-59,61-62,64-67H2,1-3H3,(H,78,85)/b63-60+. The SMILES string of the molecule is CCCCCCCCCCCC/C=C/C(O)C(COC1OC(CO)C(O)C(O)C1OC(=O)CCCCCCCCCCCCCCCCCCCCCCCCCCCCC)NC(=O)C(O)CCCCCCCCCCCCCCCCCCCCCC. The summed E-state index contributed by atoms with van der Waals surface area (Å²) in [4.78, 5) is 26.7. The molecule has 11 heteroatoms. The second kappa shape index (κ2) is 65.5. The average Bonchev–Trinajstić information content (AvgIpc) is 1.28. The largest absolute Gasteiger partial charge is 0.454 e. The first kappa shape index (κ1) is 84.4. The fourth-order valence-electron chi connectivity index (χ4n) is 12.8. The van der Waals surface area contributed by atoms with E-state index >= 15 is 0 Å². The number of carbonyl (C=O) groups excluding carboxylic acids is 2. The van der Waals surface area contributed by atoms with Gasteiger partial charge in [0.05, 0.1) is 25.4 Å². The van der Waals surface area contributed by atoms with Crippen molar-refractivity contribution in [3.8, 4) is 0 Å². The molecule has 522 valence electrons. The number of amides is 1. The Balaban J connectivity index is 2.48. The van der Waals surface area contributed by atoms with E-state index in [2.05, 4.69) is 26.1 Å². The number of allylic oxidation sites excluding steroid dienone is 1. The van der Waals surface area contributed by atoms with E-state index in [1.807, 2.05) is 6.08 Å². The molecule has 1 amide bonds. The molecule has 1 aliphatic rings.